The number of hydrogen-bond donors (Lipinski definition) is 2. The molecule has 0 fully saturated rings. The van der Waals surface area contributed by atoms with Crippen LogP contribution in [0.4, 0.5) is 0 Å². The van der Waals surface area contributed by atoms with E-state index in [4.69, 9.17) is 5.14 Å². The fourth-order valence-corrected chi connectivity index (χ4v) is 2.64. The summed E-state index contributed by atoms with van der Waals surface area (Å²) in [6.07, 6.45) is 0.687. The van der Waals surface area contributed by atoms with Crippen LogP contribution in [0.25, 0.3) is 0 Å². The number of rotatable bonds is 7. The van der Waals surface area contributed by atoms with Crippen molar-refractivity contribution in [3.05, 3.63) is 35.5 Å². The highest BCUT2D eigenvalue weighted by Crippen LogP contribution is 2.10. The molecule has 0 atom stereocenters. The molecule has 9 heteroatoms. The summed E-state index contributed by atoms with van der Waals surface area (Å²) in [5.74, 6) is -0.441. The summed E-state index contributed by atoms with van der Waals surface area (Å²) >= 11 is 0. The molecule has 0 saturated carbocycles. The van der Waals surface area contributed by atoms with Crippen LogP contribution in [0.15, 0.2) is 33.7 Å². The van der Waals surface area contributed by atoms with E-state index < -0.39 is 16.0 Å². The molecule has 2 rings (SSSR count). The molecule has 0 bridgehead atoms. The number of nitrogens with zero attached hydrogens (tertiary/aromatic N) is 2. The first-order valence-electron chi connectivity index (χ1n) is 7.19. The highest BCUT2D eigenvalue weighted by atomic mass is 32.2. The van der Waals surface area contributed by atoms with E-state index in [0.717, 1.165) is 5.56 Å². The van der Waals surface area contributed by atoms with Crippen molar-refractivity contribution < 1.29 is 22.7 Å². The summed E-state index contributed by atoms with van der Waals surface area (Å²) in [5, 5.41) is 23.5. The largest absolute Gasteiger partial charge is 0.539 e. The normalized spacial score (nSPS) is 12.0. The Hall–Kier alpha value is -1.97. The molecular weight excluding hydrogens is 320 g/mol. The second-order valence-corrected chi connectivity index (χ2v) is 7.02. The van der Waals surface area contributed by atoms with Crippen LogP contribution in [-0.2, 0) is 23.0 Å². The van der Waals surface area contributed by atoms with Crippen molar-refractivity contribution in [1.82, 2.24) is 10.6 Å². The SMILES string of the molecule is CC(C)[n+]1noc([O-])c1CNCCc1ccc(S(N)(=O)=O)cc1. The van der Waals surface area contributed by atoms with E-state index in [1.165, 1.54) is 12.1 Å². The number of aromatic nitrogens is 2. The third-order valence-electron chi connectivity index (χ3n) is 3.35. The van der Waals surface area contributed by atoms with Gasteiger partial charge in [0, 0.05) is 0 Å². The molecule has 3 N–H and O–H groups in total. The van der Waals surface area contributed by atoms with Gasteiger partial charge < -0.3 is 14.9 Å². The molecule has 23 heavy (non-hydrogen) atoms. The summed E-state index contributed by atoms with van der Waals surface area (Å²) in [6, 6.07) is 6.44. The van der Waals surface area contributed by atoms with Crippen molar-refractivity contribution in [3.8, 4) is 5.95 Å². The second kappa shape index (κ2) is 7.07. The van der Waals surface area contributed by atoms with Gasteiger partial charge in [-0.05, 0) is 44.5 Å². The van der Waals surface area contributed by atoms with Crippen molar-refractivity contribution in [1.29, 1.82) is 0 Å². The first-order valence-corrected chi connectivity index (χ1v) is 8.73. The molecule has 2 aromatic rings. The fraction of sp³-hybridized carbons (Fsp3) is 0.429. The van der Waals surface area contributed by atoms with Crippen molar-refractivity contribution >= 4 is 10.0 Å². The fourth-order valence-electron chi connectivity index (χ4n) is 2.12. The zero-order chi connectivity index (χ0) is 17.0. The molecular formula is C14H20N4O4S. The molecule has 0 radical (unpaired) electrons. The van der Waals surface area contributed by atoms with Crippen LogP contribution >= 0.6 is 0 Å². The Morgan fingerprint density at radius 2 is 2.00 bits per heavy atom. The van der Waals surface area contributed by atoms with Crippen LogP contribution in [0, 0.1) is 0 Å². The molecule has 0 aliphatic rings. The summed E-state index contributed by atoms with van der Waals surface area (Å²) in [7, 11) is -3.66. The number of primary sulfonamides is 1. The van der Waals surface area contributed by atoms with Crippen molar-refractivity contribution in [3.63, 3.8) is 0 Å². The van der Waals surface area contributed by atoms with Crippen LogP contribution in [0.1, 0.15) is 31.1 Å². The summed E-state index contributed by atoms with van der Waals surface area (Å²) in [5.41, 5.74) is 1.44. The first kappa shape index (κ1) is 17.4. The zero-order valence-electron chi connectivity index (χ0n) is 13.0. The number of benzene rings is 1. The highest BCUT2D eigenvalue weighted by Gasteiger charge is 2.19. The molecule has 1 aromatic carbocycles. The lowest BCUT2D eigenvalue weighted by atomic mass is 10.1. The van der Waals surface area contributed by atoms with Gasteiger partial charge in [0.15, 0.2) is 12.0 Å². The van der Waals surface area contributed by atoms with Gasteiger partial charge in [0.2, 0.25) is 15.7 Å². The minimum absolute atomic E-state index is 0.0454. The Morgan fingerprint density at radius 3 is 2.57 bits per heavy atom. The Balaban J connectivity index is 1.88. The summed E-state index contributed by atoms with van der Waals surface area (Å²) in [6.45, 7) is 4.81. The number of hydrogen-bond acceptors (Lipinski definition) is 6. The standard InChI is InChI=1S/C14H20N4O4S/c1-10(2)18-13(14(19)22-17-18)9-16-8-7-11-3-5-12(6-4-11)23(15,20)21/h3-6,10,16H,7-9H2,1-2H3,(H2-,15,17,19,20,21). The maximum atomic E-state index is 11.6. The van der Waals surface area contributed by atoms with E-state index in [9.17, 15) is 13.5 Å². The molecule has 1 heterocycles. The van der Waals surface area contributed by atoms with Crippen molar-refractivity contribution in [2.24, 2.45) is 5.14 Å². The van der Waals surface area contributed by atoms with Gasteiger partial charge in [0.1, 0.15) is 0 Å². The van der Waals surface area contributed by atoms with E-state index in [1.807, 2.05) is 13.8 Å². The molecule has 0 spiro atoms. The molecule has 126 valence electrons. The minimum Gasteiger partial charge on any atom is -0.539 e. The highest BCUT2D eigenvalue weighted by molar-refractivity contribution is 7.89. The predicted octanol–water partition coefficient (Wildman–Crippen LogP) is -0.404. The van der Waals surface area contributed by atoms with Crippen molar-refractivity contribution in [2.45, 2.75) is 37.8 Å². The lowest BCUT2D eigenvalue weighted by molar-refractivity contribution is -0.785. The molecule has 8 nitrogen and oxygen atoms in total. The van der Waals surface area contributed by atoms with E-state index in [-0.39, 0.29) is 10.9 Å². The van der Waals surface area contributed by atoms with Gasteiger partial charge in [-0.25, -0.2) is 13.6 Å². The zero-order valence-corrected chi connectivity index (χ0v) is 13.8. The van der Waals surface area contributed by atoms with Crippen LogP contribution in [0.2, 0.25) is 0 Å². The van der Waals surface area contributed by atoms with Crippen LogP contribution in [-0.4, -0.2) is 20.2 Å². The third kappa shape index (κ3) is 4.50. The van der Waals surface area contributed by atoms with Crippen LogP contribution in [0.5, 0.6) is 5.95 Å². The van der Waals surface area contributed by atoms with Gasteiger partial charge in [-0.3, -0.25) is 0 Å². The quantitative estimate of drug-likeness (QED) is 0.522. The van der Waals surface area contributed by atoms with Gasteiger partial charge >= 0.3 is 0 Å². The minimum atomic E-state index is -3.66. The summed E-state index contributed by atoms with van der Waals surface area (Å²) in [4.78, 5) is 0.0904. The average molecular weight is 340 g/mol. The van der Waals surface area contributed by atoms with Gasteiger partial charge in [0.25, 0.3) is 0 Å². The summed E-state index contributed by atoms with van der Waals surface area (Å²) < 4.78 is 28.6. The Bertz CT molecular complexity index is 754. The van der Waals surface area contributed by atoms with Gasteiger partial charge in [-0.2, -0.15) is 0 Å². The maximum Gasteiger partial charge on any atom is 0.247 e. The predicted molar refractivity (Wildman–Crippen MR) is 79.8 cm³/mol. The molecule has 0 amide bonds. The number of sulfonamides is 1. The molecule has 0 saturated heterocycles. The van der Waals surface area contributed by atoms with E-state index >= 15 is 0 Å². The van der Waals surface area contributed by atoms with Gasteiger partial charge in [-0.1, -0.05) is 16.8 Å². The van der Waals surface area contributed by atoms with Gasteiger partial charge in [-0.15, -0.1) is 0 Å². The smallest absolute Gasteiger partial charge is 0.247 e. The first-order chi connectivity index (χ1) is 10.8. The lowest BCUT2D eigenvalue weighted by Crippen LogP contribution is -2.43. The number of nitrogens with one attached hydrogen (secondary N) is 1. The Morgan fingerprint density at radius 1 is 1.35 bits per heavy atom. The van der Waals surface area contributed by atoms with E-state index in [2.05, 4.69) is 15.1 Å². The Labute approximate surface area is 134 Å². The molecule has 0 aliphatic heterocycles. The molecule has 0 aliphatic carbocycles. The average Bonchev–Trinajstić information content (AvgIpc) is 2.84. The monoisotopic (exact) mass is 340 g/mol. The maximum absolute atomic E-state index is 11.6. The van der Waals surface area contributed by atoms with Crippen molar-refractivity contribution in [2.75, 3.05) is 6.54 Å². The van der Waals surface area contributed by atoms with E-state index in [1.54, 1.807) is 16.8 Å². The number of nitrogens with two attached hydrogens (primary N) is 1. The topological polar surface area (TPSA) is 125 Å². The van der Waals surface area contributed by atoms with Gasteiger partial charge in [0.05, 0.1) is 16.7 Å². The Kier molecular flexibility index (Phi) is 5.34. The second-order valence-electron chi connectivity index (χ2n) is 5.46. The van der Waals surface area contributed by atoms with Crippen LogP contribution < -0.4 is 20.2 Å². The van der Waals surface area contributed by atoms with Crippen LogP contribution in [0.3, 0.4) is 0 Å². The lowest BCUT2D eigenvalue weighted by Gasteiger charge is -2.05. The molecule has 0 unspecified atom stereocenters. The molecule has 1 aromatic heterocycles. The van der Waals surface area contributed by atoms with E-state index in [0.29, 0.717) is 25.2 Å². The third-order valence-corrected chi connectivity index (χ3v) is 4.28.